The number of likely N-dealkylation sites (tertiary alicyclic amines) is 1. The van der Waals surface area contributed by atoms with Gasteiger partial charge in [-0.15, -0.1) is 24.0 Å². The van der Waals surface area contributed by atoms with Crippen LogP contribution in [0.4, 0.5) is 5.69 Å². The number of rotatable bonds is 8. The van der Waals surface area contributed by atoms with Crippen molar-refractivity contribution < 1.29 is 9.21 Å². The average molecular weight is 573 g/mol. The molecule has 2 aromatic carbocycles. The van der Waals surface area contributed by atoms with Gasteiger partial charge in [-0.1, -0.05) is 36.4 Å². The number of benzene rings is 2. The van der Waals surface area contributed by atoms with Crippen LogP contribution in [0.5, 0.6) is 0 Å². The fraction of sp³-hybridized carbons (Fsp3) is 0.308. The number of aliphatic imine (C=N–C) groups is 1. The van der Waals surface area contributed by atoms with Crippen LogP contribution in [0.2, 0.25) is 0 Å². The van der Waals surface area contributed by atoms with Gasteiger partial charge in [0.15, 0.2) is 11.7 Å². The minimum atomic E-state index is -0.264. The zero-order valence-corrected chi connectivity index (χ0v) is 21.8. The molecule has 3 N–H and O–H groups in total. The Morgan fingerprint density at radius 1 is 0.912 bits per heavy atom. The maximum atomic E-state index is 12.1. The first kappa shape index (κ1) is 25.8. The Hall–Kier alpha value is -2.85. The average Bonchev–Trinajstić information content (AvgIpc) is 3.56. The molecule has 8 heteroatoms. The van der Waals surface area contributed by atoms with Gasteiger partial charge in [-0.3, -0.25) is 14.7 Å². The van der Waals surface area contributed by atoms with Crippen LogP contribution in [0.3, 0.4) is 0 Å². The zero-order valence-electron chi connectivity index (χ0n) is 19.4. The van der Waals surface area contributed by atoms with Crippen molar-refractivity contribution in [3.63, 3.8) is 0 Å². The van der Waals surface area contributed by atoms with Crippen LogP contribution in [-0.4, -0.2) is 36.9 Å². The molecule has 1 saturated heterocycles. The Labute approximate surface area is 218 Å². The molecule has 0 radical (unpaired) electrons. The minimum Gasteiger partial charge on any atom is -0.459 e. The van der Waals surface area contributed by atoms with Gasteiger partial charge in [0.2, 0.25) is 0 Å². The highest BCUT2D eigenvalue weighted by Gasteiger charge is 2.11. The molecule has 0 saturated carbocycles. The summed E-state index contributed by atoms with van der Waals surface area (Å²) < 4.78 is 5.11. The second-order valence-corrected chi connectivity index (χ2v) is 8.21. The lowest BCUT2D eigenvalue weighted by Gasteiger charge is -2.15. The molecule has 1 amide bonds. The van der Waals surface area contributed by atoms with Gasteiger partial charge in [0.25, 0.3) is 5.91 Å². The Morgan fingerprint density at radius 3 is 2.06 bits per heavy atom. The molecule has 3 aromatic rings. The number of anilines is 1. The first-order valence-corrected chi connectivity index (χ1v) is 11.4. The van der Waals surface area contributed by atoms with Gasteiger partial charge in [0.05, 0.1) is 6.26 Å². The van der Waals surface area contributed by atoms with E-state index in [1.54, 1.807) is 19.2 Å². The number of carbonyl (C=O) groups is 1. The molecule has 1 fully saturated rings. The van der Waals surface area contributed by atoms with Crippen molar-refractivity contribution in [3.05, 3.63) is 89.4 Å². The monoisotopic (exact) mass is 573 g/mol. The third-order valence-electron chi connectivity index (χ3n) is 5.73. The second-order valence-electron chi connectivity index (χ2n) is 8.21. The summed E-state index contributed by atoms with van der Waals surface area (Å²) >= 11 is 0. The quantitative estimate of drug-likeness (QED) is 0.208. The van der Waals surface area contributed by atoms with Crippen LogP contribution in [0, 0.1) is 0 Å². The highest BCUT2D eigenvalue weighted by Crippen LogP contribution is 2.14. The van der Waals surface area contributed by atoms with E-state index >= 15 is 0 Å². The van der Waals surface area contributed by atoms with Gasteiger partial charge < -0.3 is 20.4 Å². The summed E-state index contributed by atoms with van der Waals surface area (Å²) in [6.45, 7) is 4.81. The van der Waals surface area contributed by atoms with E-state index < -0.39 is 0 Å². The number of carbonyl (C=O) groups excluding carboxylic acids is 1. The number of halogens is 1. The van der Waals surface area contributed by atoms with Crippen LogP contribution >= 0.6 is 24.0 Å². The molecule has 2 heterocycles. The second kappa shape index (κ2) is 13.1. The molecule has 1 aliphatic rings. The third-order valence-corrected chi connectivity index (χ3v) is 5.73. The SMILES string of the molecule is CN=C(NCc1ccc(CN2CCCC2)cc1)NCc1ccc(NC(=O)c2ccco2)cc1.I. The molecule has 0 aliphatic carbocycles. The van der Waals surface area contributed by atoms with E-state index in [0.717, 1.165) is 23.8 Å². The zero-order chi connectivity index (χ0) is 22.9. The summed E-state index contributed by atoms with van der Waals surface area (Å²) in [4.78, 5) is 18.9. The van der Waals surface area contributed by atoms with Crippen LogP contribution in [-0.2, 0) is 19.6 Å². The van der Waals surface area contributed by atoms with Gasteiger partial charge >= 0.3 is 0 Å². The lowest BCUT2D eigenvalue weighted by Crippen LogP contribution is -2.36. The van der Waals surface area contributed by atoms with Crippen LogP contribution in [0.1, 0.15) is 40.1 Å². The standard InChI is InChI=1S/C26H31N5O2.HI/c1-27-26(28-17-20-6-8-22(9-7-20)19-31-14-2-3-15-31)29-18-21-10-12-23(13-11-21)30-25(32)24-5-4-16-33-24;/h4-13,16H,2-3,14-15,17-19H2,1H3,(H,30,32)(H2,27,28,29);1H. The number of hydrogen-bond acceptors (Lipinski definition) is 4. The Balaban J connectivity index is 0.00000324. The van der Waals surface area contributed by atoms with E-state index in [1.807, 2.05) is 24.3 Å². The number of furan rings is 1. The Morgan fingerprint density at radius 2 is 1.50 bits per heavy atom. The number of amides is 1. The van der Waals surface area contributed by atoms with Crippen molar-refractivity contribution in [2.24, 2.45) is 4.99 Å². The molecular formula is C26H32IN5O2. The fourth-order valence-corrected chi connectivity index (χ4v) is 3.86. The predicted molar refractivity (Wildman–Crippen MR) is 147 cm³/mol. The maximum Gasteiger partial charge on any atom is 0.291 e. The van der Waals surface area contributed by atoms with Crippen molar-refractivity contribution in [1.29, 1.82) is 0 Å². The van der Waals surface area contributed by atoms with E-state index in [0.29, 0.717) is 13.1 Å². The van der Waals surface area contributed by atoms with E-state index in [4.69, 9.17) is 4.42 Å². The topological polar surface area (TPSA) is 81.9 Å². The molecule has 1 aromatic heterocycles. The summed E-state index contributed by atoms with van der Waals surface area (Å²) in [5.74, 6) is 0.766. The lowest BCUT2D eigenvalue weighted by atomic mass is 10.1. The Kier molecular flexibility index (Phi) is 9.96. The van der Waals surface area contributed by atoms with E-state index in [2.05, 4.69) is 50.1 Å². The lowest BCUT2D eigenvalue weighted by molar-refractivity contribution is 0.0996. The molecular weight excluding hydrogens is 541 g/mol. The molecule has 0 atom stereocenters. The van der Waals surface area contributed by atoms with Crippen LogP contribution < -0.4 is 16.0 Å². The van der Waals surface area contributed by atoms with Gasteiger partial charge in [-0.25, -0.2) is 0 Å². The van der Waals surface area contributed by atoms with E-state index in [9.17, 15) is 4.79 Å². The predicted octanol–water partition coefficient (Wildman–Crippen LogP) is 4.61. The summed E-state index contributed by atoms with van der Waals surface area (Å²) in [5.41, 5.74) is 4.39. The largest absolute Gasteiger partial charge is 0.459 e. The van der Waals surface area contributed by atoms with E-state index in [-0.39, 0.29) is 35.6 Å². The van der Waals surface area contributed by atoms with Crippen LogP contribution in [0.15, 0.2) is 76.3 Å². The smallest absolute Gasteiger partial charge is 0.291 e. The van der Waals surface area contributed by atoms with Crippen LogP contribution in [0.25, 0.3) is 0 Å². The number of nitrogens with zero attached hydrogens (tertiary/aromatic N) is 2. The molecule has 0 unspecified atom stereocenters. The van der Waals surface area contributed by atoms with Crippen molar-refractivity contribution in [3.8, 4) is 0 Å². The van der Waals surface area contributed by atoms with Gasteiger partial charge in [0.1, 0.15) is 0 Å². The number of hydrogen-bond donors (Lipinski definition) is 3. The summed E-state index contributed by atoms with van der Waals surface area (Å²) in [6, 6.07) is 19.8. The normalized spacial score (nSPS) is 13.9. The maximum absolute atomic E-state index is 12.1. The van der Waals surface area contributed by atoms with E-state index in [1.165, 1.54) is 43.3 Å². The molecule has 34 heavy (non-hydrogen) atoms. The fourth-order valence-electron chi connectivity index (χ4n) is 3.86. The van der Waals surface area contributed by atoms with Crippen molar-refractivity contribution in [2.75, 3.05) is 25.5 Å². The molecule has 0 bridgehead atoms. The number of guanidine groups is 1. The molecule has 180 valence electrons. The highest BCUT2D eigenvalue weighted by atomic mass is 127. The van der Waals surface area contributed by atoms with Crippen molar-refractivity contribution in [1.82, 2.24) is 15.5 Å². The van der Waals surface area contributed by atoms with Gasteiger partial charge in [-0.2, -0.15) is 0 Å². The molecule has 4 rings (SSSR count). The Bertz CT molecular complexity index is 1040. The van der Waals surface area contributed by atoms with Crippen molar-refractivity contribution >= 4 is 41.5 Å². The molecule has 7 nitrogen and oxygen atoms in total. The van der Waals surface area contributed by atoms with Gasteiger partial charge in [-0.05, 0) is 66.9 Å². The first-order chi connectivity index (χ1) is 16.2. The molecule has 0 spiro atoms. The minimum absolute atomic E-state index is 0. The van der Waals surface area contributed by atoms with Gasteiger partial charge in [0, 0.05) is 32.4 Å². The number of nitrogens with one attached hydrogen (secondary N) is 3. The first-order valence-electron chi connectivity index (χ1n) is 11.4. The summed E-state index contributed by atoms with van der Waals surface area (Å²) in [6.07, 6.45) is 4.12. The van der Waals surface area contributed by atoms with Crippen molar-refractivity contribution in [2.45, 2.75) is 32.5 Å². The molecule has 1 aliphatic heterocycles. The summed E-state index contributed by atoms with van der Waals surface area (Å²) in [5, 5.41) is 9.51. The highest BCUT2D eigenvalue weighted by molar-refractivity contribution is 14.0. The third kappa shape index (κ3) is 7.59. The summed E-state index contributed by atoms with van der Waals surface area (Å²) in [7, 11) is 1.77.